The van der Waals surface area contributed by atoms with E-state index in [0.717, 1.165) is 0 Å². The minimum absolute atomic E-state index is 0.0468. The van der Waals surface area contributed by atoms with Crippen LogP contribution in [0.15, 0.2) is 10.9 Å². The molecule has 7 heteroatoms. The first kappa shape index (κ1) is 18.5. The number of hydrogen-bond acceptors (Lipinski definition) is 4. The Hall–Kier alpha value is -2.31. The van der Waals surface area contributed by atoms with Crippen molar-refractivity contribution in [3.05, 3.63) is 33.2 Å². The van der Waals surface area contributed by atoms with E-state index in [1.54, 1.807) is 18.7 Å². The van der Waals surface area contributed by atoms with E-state index in [1.165, 1.54) is 6.07 Å². The van der Waals surface area contributed by atoms with Crippen molar-refractivity contribution in [2.45, 2.75) is 40.2 Å². The highest BCUT2D eigenvalue weighted by atomic mass is 16.6. The van der Waals surface area contributed by atoms with Crippen molar-refractivity contribution in [3.8, 4) is 0 Å². The number of hydrogen-bond donors (Lipinski definition) is 1. The zero-order valence-electron chi connectivity index (χ0n) is 16.1. The standard InChI is InChI=1S/C19H27N3O4/c1-11-6-15(23)20-12(2)16(11)17(24)21-7-13-9-22(10-14(13)8-21)18(25)26-19(3,4)5/h6,13-14H,7-10H2,1-5H3,(H,20,23). The number of fused-ring (bicyclic) bond motifs is 1. The second-order valence-corrected chi connectivity index (χ2v) is 8.43. The van der Waals surface area contributed by atoms with E-state index in [1.807, 2.05) is 25.7 Å². The van der Waals surface area contributed by atoms with Crippen LogP contribution in [0.25, 0.3) is 0 Å². The number of rotatable bonds is 1. The SMILES string of the molecule is Cc1cc(=O)[nH]c(C)c1C(=O)N1CC2CN(C(=O)OC(C)(C)C)CC2C1. The minimum Gasteiger partial charge on any atom is -0.444 e. The zero-order chi connectivity index (χ0) is 19.2. The lowest BCUT2D eigenvalue weighted by Crippen LogP contribution is -2.39. The van der Waals surface area contributed by atoms with Gasteiger partial charge < -0.3 is 19.5 Å². The molecule has 2 saturated heterocycles. The molecule has 3 heterocycles. The summed E-state index contributed by atoms with van der Waals surface area (Å²) in [6.07, 6.45) is -0.280. The van der Waals surface area contributed by atoms with Gasteiger partial charge in [-0.2, -0.15) is 0 Å². The summed E-state index contributed by atoms with van der Waals surface area (Å²) in [4.78, 5) is 43.0. The normalized spacial score (nSPS) is 22.5. The van der Waals surface area contributed by atoms with Crippen LogP contribution in [0.3, 0.4) is 0 Å². The minimum atomic E-state index is -0.504. The van der Waals surface area contributed by atoms with Crippen molar-refractivity contribution in [1.29, 1.82) is 0 Å². The van der Waals surface area contributed by atoms with Crippen molar-refractivity contribution in [3.63, 3.8) is 0 Å². The first-order valence-electron chi connectivity index (χ1n) is 9.03. The topological polar surface area (TPSA) is 82.7 Å². The van der Waals surface area contributed by atoms with Gasteiger partial charge in [0.25, 0.3) is 5.91 Å². The number of likely N-dealkylation sites (tertiary alicyclic amines) is 2. The third kappa shape index (κ3) is 3.61. The van der Waals surface area contributed by atoms with Crippen LogP contribution in [0.1, 0.15) is 42.4 Å². The lowest BCUT2D eigenvalue weighted by molar-refractivity contribution is 0.0275. The van der Waals surface area contributed by atoms with Crippen molar-refractivity contribution in [2.75, 3.05) is 26.2 Å². The van der Waals surface area contributed by atoms with Gasteiger partial charge in [-0.25, -0.2) is 4.79 Å². The molecule has 2 fully saturated rings. The lowest BCUT2D eigenvalue weighted by Gasteiger charge is -2.26. The van der Waals surface area contributed by atoms with E-state index in [-0.39, 0.29) is 29.4 Å². The predicted octanol–water partition coefficient (Wildman–Crippen LogP) is 1.93. The molecule has 1 N–H and O–H groups in total. The fourth-order valence-corrected chi connectivity index (χ4v) is 3.97. The number of pyridine rings is 1. The van der Waals surface area contributed by atoms with E-state index in [9.17, 15) is 14.4 Å². The Morgan fingerprint density at radius 1 is 1.08 bits per heavy atom. The molecular formula is C19H27N3O4. The highest BCUT2D eigenvalue weighted by molar-refractivity contribution is 5.96. The molecule has 26 heavy (non-hydrogen) atoms. The maximum Gasteiger partial charge on any atom is 0.410 e. The van der Waals surface area contributed by atoms with Crippen molar-refractivity contribution < 1.29 is 14.3 Å². The Morgan fingerprint density at radius 3 is 2.12 bits per heavy atom. The van der Waals surface area contributed by atoms with Crippen molar-refractivity contribution in [2.24, 2.45) is 11.8 Å². The highest BCUT2D eigenvalue weighted by Gasteiger charge is 2.44. The molecule has 0 bridgehead atoms. The second-order valence-electron chi connectivity index (χ2n) is 8.43. The molecule has 142 valence electrons. The number of nitrogens with zero attached hydrogens (tertiary/aromatic N) is 2. The van der Waals surface area contributed by atoms with Gasteiger partial charge in [0.15, 0.2) is 0 Å². The van der Waals surface area contributed by atoms with E-state index in [4.69, 9.17) is 4.74 Å². The predicted molar refractivity (Wildman–Crippen MR) is 97.2 cm³/mol. The number of aromatic nitrogens is 1. The number of H-pyrrole nitrogens is 1. The van der Waals surface area contributed by atoms with Gasteiger partial charge in [0.1, 0.15) is 5.60 Å². The molecule has 1 aromatic heterocycles. The molecule has 2 unspecified atom stereocenters. The van der Waals surface area contributed by atoms with Gasteiger partial charge in [-0.3, -0.25) is 9.59 Å². The van der Waals surface area contributed by atoms with Crippen LogP contribution in [0, 0.1) is 25.7 Å². The van der Waals surface area contributed by atoms with E-state index in [0.29, 0.717) is 43.0 Å². The largest absolute Gasteiger partial charge is 0.444 e. The maximum absolute atomic E-state index is 12.9. The summed E-state index contributed by atoms with van der Waals surface area (Å²) in [6.45, 7) is 11.6. The smallest absolute Gasteiger partial charge is 0.410 e. The fraction of sp³-hybridized carbons (Fsp3) is 0.632. The number of carbonyl (C=O) groups is 2. The lowest BCUT2D eigenvalue weighted by atomic mass is 10.0. The number of aromatic amines is 1. The van der Waals surface area contributed by atoms with Crippen LogP contribution in [-0.2, 0) is 4.74 Å². The quantitative estimate of drug-likeness (QED) is 0.829. The molecule has 7 nitrogen and oxygen atoms in total. The summed E-state index contributed by atoms with van der Waals surface area (Å²) in [6, 6.07) is 1.46. The summed E-state index contributed by atoms with van der Waals surface area (Å²) >= 11 is 0. The van der Waals surface area contributed by atoms with E-state index < -0.39 is 5.60 Å². The molecular weight excluding hydrogens is 334 g/mol. The molecule has 2 amide bonds. The fourth-order valence-electron chi connectivity index (χ4n) is 3.97. The van der Waals surface area contributed by atoms with Crippen LogP contribution >= 0.6 is 0 Å². The molecule has 1 aromatic rings. The average molecular weight is 361 g/mol. The second kappa shape index (κ2) is 6.45. The summed E-state index contributed by atoms with van der Waals surface area (Å²) < 4.78 is 5.45. The molecule has 2 aliphatic rings. The monoisotopic (exact) mass is 361 g/mol. The summed E-state index contributed by atoms with van der Waals surface area (Å²) in [5.41, 5.74) is 1.18. The van der Waals surface area contributed by atoms with Gasteiger partial charge >= 0.3 is 6.09 Å². The number of carbonyl (C=O) groups excluding carboxylic acids is 2. The molecule has 0 saturated carbocycles. The number of amides is 2. The third-order valence-electron chi connectivity index (χ3n) is 5.07. The Labute approximate surface area is 153 Å². The Kier molecular flexibility index (Phi) is 4.58. The first-order chi connectivity index (χ1) is 12.0. The van der Waals surface area contributed by atoms with Crippen LogP contribution in [0.5, 0.6) is 0 Å². The number of aryl methyl sites for hydroxylation is 2. The van der Waals surface area contributed by atoms with Gasteiger partial charge in [-0.05, 0) is 40.2 Å². The van der Waals surface area contributed by atoms with E-state index in [2.05, 4.69) is 4.98 Å². The van der Waals surface area contributed by atoms with Crippen molar-refractivity contribution >= 4 is 12.0 Å². The first-order valence-corrected chi connectivity index (χ1v) is 9.03. The molecule has 0 radical (unpaired) electrons. The van der Waals surface area contributed by atoms with Crippen LogP contribution < -0.4 is 5.56 Å². The van der Waals surface area contributed by atoms with Gasteiger partial charge in [0, 0.05) is 49.8 Å². The maximum atomic E-state index is 12.9. The molecule has 2 atom stereocenters. The van der Waals surface area contributed by atoms with Crippen molar-refractivity contribution in [1.82, 2.24) is 14.8 Å². The van der Waals surface area contributed by atoms with Gasteiger partial charge in [-0.1, -0.05) is 0 Å². The molecule has 0 spiro atoms. The summed E-state index contributed by atoms with van der Waals surface area (Å²) in [7, 11) is 0. The van der Waals surface area contributed by atoms with Gasteiger partial charge in [-0.15, -0.1) is 0 Å². The van der Waals surface area contributed by atoms with Crippen LogP contribution in [-0.4, -0.2) is 58.6 Å². The Morgan fingerprint density at radius 2 is 1.62 bits per heavy atom. The van der Waals surface area contributed by atoms with Gasteiger partial charge in [0.05, 0.1) is 5.56 Å². The van der Waals surface area contributed by atoms with Crippen LogP contribution in [0.2, 0.25) is 0 Å². The number of ether oxygens (including phenoxy) is 1. The average Bonchev–Trinajstić information content (AvgIpc) is 3.02. The van der Waals surface area contributed by atoms with Gasteiger partial charge in [0.2, 0.25) is 5.56 Å². The summed E-state index contributed by atoms with van der Waals surface area (Å²) in [5, 5.41) is 0. The third-order valence-corrected chi connectivity index (χ3v) is 5.07. The molecule has 0 aromatic carbocycles. The molecule has 2 aliphatic heterocycles. The van der Waals surface area contributed by atoms with Crippen LogP contribution in [0.4, 0.5) is 4.79 Å². The Balaban J connectivity index is 1.66. The number of nitrogens with one attached hydrogen (secondary N) is 1. The highest BCUT2D eigenvalue weighted by Crippen LogP contribution is 2.33. The van der Waals surface area contributed by atoms with E-state index >= 15 is 0 Å². The Bertz CT molecular complexity index is 753. The molecule has 3 rings (SSSR count). The summed E-state index contributed by atoms with van der Waals surface area (Å²) in [5.74, 6) is 0.499. The molecule has 0 aliphatic carbocycles. The zero-order valence-corrected chi connectivity index (χ0v) is 16.1.